The zero-order valence-electron chi connectivity index (χ0n) is 17.7. The van der Waals surface area contributed by atoms with E-state index in [-0.39, 0.29) is 11.8 Å². The molecule has 1 heterocycles. The standard InChI is InChI=1S/C24H20FN3O5/c1-32-19-10-7-17(8-11-19)22-14-21(16-5-3-2-4-6-16)26-27(22)24(29)15-33-23-12-9-18(28(30)31)13-20(23)25/h2-13,22H,14-15H2,1H3. The van der Waals surface area contributed by atoms with Crippen LogP contribution in [0.3, 0.4) is 0 Å². The van der Waals surface area contributed by atoms with Crippen LogP contribution in [0.25, 0.3) is 0 Å². The molecule has 0 aromatic heterocycles. The molecule has 0 N–H and O–H groups in total. The number of benzene rings is 3. The number of methoxy groups -OCH3 is 1. The molecule has 1 aliphatic rings. The minimum Gasteiger partial charge on any atom is -0.497 e. The third kappa shape index (κ3) is 4.82. The quantitative estimate of drug-likeness (QED) is 0.391. The Morgan fingerprint density at radius 2 is 1.88 bits per heavy atom. The molecule has 33 heavy (non-hydrogen) atoms. The van der Waals surface area contributed by atoms with Crippen LogP contribution in [-0.4, -0.2) is 35.3 Å². The van der Waals surface area contributed by atoms with Gasteiger partial charge >= 0.3 is 0 Å². The lowest BCUT2D eigenvalue weighted by atomic mass is 9.98. The minimum atomic E-state index is -0.918. The molecule has 4 rings (SSSR count). The second-order valence-electron chi connectivity index (χ2n) is 7.30. The van der Waals surface area contributed by atoms with E-state index in [1.54, 1.807) is 19.2 Å². The van der Waals surface area contributed by atoms with Gasteiger partial charge < -0.3 is 9.47 Å². The Hall–Kier alpha value is -4.27. The van der Waals surface area contributed by atoms with E-state index in [2.05, 4.69) is 5.10 Å². The number of amides is 1. The van der Waals surface area contributed by atoms with Crippen LogP contribution in [0.1, 0.15) is 23.6 Å². The SMILES string of the molecule is COc1ccc(C2CC(c3ccccc3)=NN2C(=O)COc2ccc([N+](=O)[O-])cc2F)cc1. The van der Waals surface area contributed by atoms with Crippen molar-refractivity contribution >= 4 is 17.3 Å². The van der Waals surface area contributed by atoms with Gasteiger partial charge in [-0.3, -0.25) is 14.9 Å². The van der Waals surface area contributed by atoms with Crippen molar-refractivity contribution < 1.29 is 23.6 Å². The summed E-state index contributed by atoms with van der Waals surface area (Å²) in [4.78, 5) is 23.1. The number of carbonyl (C=O) groups excluding carboxylic acids is 1. The van der Waals surface area contributed by atoms with Gasteiger partial charge in [-0.05, 0) is 29.3 Å². The van der Waals surface area contributed by atoms with Crippen LogP contribution < -0.4 is 9.47 Å². The number of hydrazone groups is 1. The summed E-state index contributed by atoms with van der Waals surface area (Å²) in [6, 6.07) is 19.5. The van der Waals surface area contributed by atoms with Gasteiger partial charge in [0.2, 0.25) is 0 Å². The van der Waals surface area contributed by atoms with E-state index in [1.807, 2.05) is 42.5 Å². The molecule has 0 saturated heterocycles. The molecule has 8 nitrogen and oxygen atoms in total. The zero-order valence-corrected chi connectivity index (χ0v) is 17.7. The largest absolute Gasteiger partial charge is 0.497 e. The zero-order chi connectivity index (χ0) is 23.4. The van der Waals surface area contributed by atoms with Crippen LogP contribution in [0.4, 0.5) is 10.1 Å². The summed E-state index contributed by atoms with van der Waals surface area (Å²) < 4.78 is 24.7. The highest BCUT2D eigenvalue weighted by Gasteiger charge is 2.33. The average molecular weight is 449 g/mol. The molecular weight excluding hydrogens is 429 g/mol. The fourth-order valence-corrected chi connectivity index (χ4v) is 3.56. The van der Waals surface area contributed by atoms with Crippen molar-refractivity contribution in [3.8, 4) is 11.5 Å². The molecule has 9 heteroatoms. The van der Waals surface area contributed by atoms with Crippen LogP contribution in [-0.2, 0) is 4.79 Å². The summed E-state index contributed by atoms with van der Waals surface area (Å²) >= 11 is 0. The first kappa shape index (κ1) is 21.9. The lowest BCUT2D eigenvalue weighted by molar-refractivity contribution is -0.385. The Balaban J connectivity index is 1.56. The Kier molecular flexibility index (Phi) is 6.30. The van der Waals surface area contributed by atoms with Gasteiger partial charge in [-0.2, -0.15) is 5.10 Å². The van der Waals surface area contributed by atoms with Gasteiger partial charge in [0.15, 0.2) is 18.2 Å². The highest BCUT2D eigenvalue weighted by Crippen LogP contribution is 2.34. The maximum Gasteiger partial charge on any atom is 0.281 e. The molecule has 1 aliphatic heterocycles. The minimum absolute atomic E-state index is 0.249. The second kappa shape index (κ2) is 9.47. The molecule has 3 aromatic rings. The number of non-ortho nitro benzene ring substituents is 1. The molecule has 1 amide bonds. The molecule has 0 fully saturated rings. The second-order valence-corrected chi connectivity index (χ2v) is 7.30. The highest BCUT2D eigenvalue weighted by molar-refractivity contribution is 6.03. The van der Waals surface area contributed by atoms with Gasteiger partial charge in [0.05, 0.1) is 29.9 Å². The van der Waals surface area contributed by atoms with Crippen LogP contribution in [0.15, 0.2) is 77.9 Å². The first-order valence-electron chi connectivity index (χ1n) is 10.1. The summed E-state index contributed by atoms with van der Waals surface area (Å²) in [5.41, 5.74) is 2.10. The Bertz CT molecular complexity index is 1200. The Morgan fingerprint density at radius 3 is 2.52 bits per heavy atom. The first-order chi connectivity index (χ1) is 16.0. The molecule has 0 bridgehead atoms. The number of halogens is 1. The van der Waals surface area contributed by atoms with Crippen molar-refractivity contribution in [2.75, 3.05) is 13.7 Å². The summed E-state index contributed by atoms with van der Waals surface area (Å²) in [5, 5.41) is 16.7. The lowest BCUT2D eigenvalue weighted by Gasteiger charge is -2.22. The van der Waals surface area contributed by atoms with Crippen LogP contribution in [0, 0.1) is 15.9 Å². The monoisotopic (exact) mass is 449 g/mol. The third-order valence-corrected chi connectivity index (χ3v) is 5.25. The van der Waals surface area contributed by atoms with E-state index in [0.717, 1.165) is 35.0 Å². The van der Waals surface area contributed by atoms with E-state index < -0.39 is 28.9 Å². The van der Waals surface area contributed by atoms with Gasteiger partial charge in [0, 0.05) is 12.5 Å². The number of hydrogen-bond acceptors (Lipinski definition) is 6. The van der Waals surface area contributed by atoms with Gasteiger partial charge in [-0.1, -0.05) is 42.5 Å². The van der Waals surface area contributed by atoms with E-state index in [1.165, 1.54) is 5.01 Å². The summed E-state index contributed by atoms with van der Waals surface area (Å²) in [6.45, 7) is -0.479. The fraction of sp³-hybridized carbons (Fsp3) is 0.167. The van der Waals surface area contributed by atoms with Gasteiger partial charge in [-0.25, -0.2) is 9.40 Å². The van der Waals surface area contributed by atoms with Gasteiger partial charge in [-0.15, -0.1) is 0 Å². The maximum absolute atomic E-state index is 14.1. The van der Waals surface area contributed by atoms with Gasteiger partial charge in [0.1, 0.15) is 5.75 Å². The summed E-state index contributed by atoms with van der Waals surface area (Å²) in [6.07, 6.45) is 0.494. The van der Waals surface area contributed by atoms with Crippen molar-refractivity contribution in [1.29, 1.82) is 0 Å². The fourth-order valence-electron chi connectivity index (χ4n) is 3.56. The topological polar surface area (TPSA) is 94.3 Å². The summed E-state index contributed by atoms with van der Waals surface area (Å²) in [5.74, 6) is -0.949. The average Bonchev–Trinajstić information content (AvgIpc) is 3.29. The number of carbonyl (C=O) groups is 1. The highest BCUT2D eigenvalue weighted by atomic mass is 19.1. The van der Waals surface area contributed by atoms with E-state index in [0.29, 0.717) is 12.2 Å². The van der Waals surface area contributed by atoms with Crippen molar-refractivity contribution in [2.24, 2.45) is 5.10 Å². The molecule has 0 saturated carbocycles. The van der Waals surface area contributed by atoms with Crippen molar-refractivity contribution in [2.45, 2.75) is 12.5 Å². The molecule has 0 aliphatic carbocycles. The normalized spacial score (nSPS) is 15.2. The number of nitro benzene ring substituents is 1. The van der Waals surface area contributed by atoms with Crippen molar-refractivity contribution in [1.82, 2.24) is 5.01 Å². The van der Waals surface area contributed by atoms with Crippen LogP contribution in [0.2, 0.25) is 0 Å². The molecule has 1 unspecified atom stereocenters. The molecule has 1 atom stereocenters. The molecule has 0 radical (unpaired) electrons. The molecule has 0 spiro atoms. The summed E-state index contributed by atoms with van der Waals surface area (Å²) in [7, 11) is 1.58. The number of ether oxygens (including phenoxy) is 2. The number of rotatable bonds is 7. The van der Waals surface area contributed by atoms with Gasteiger partial charge in [0.25, 0.3) is 11.6 Å². The first-order valence-corrected chi connectivity index (χ1v) is 10.1. The van der Waals surface area contributed by atoms with Crippen molar-refractivity contribution in [3.63, 3.8) is 0 Å². The lowest BCUT2D eigenvalue weighted by Crippen LogP contribution is -2.31. The van der Waals surface area contributed by atoms with E-state index in [4.69, 9.17) is 9.47 Å². The number of nitro groups is 1. The van der Waals surface area contributed by atoms with Crippen LogP contribution >= 0.6 is 0 Å². The molecule has 168 valence electrons. The maximum atomic E-state index is 14.1. The van der Waals surface area contributed by atoms with E-state index in [9.17, 15) is 19.3 Å². The van der Waals surface area contributed by atoms with Crippen molar-refractivity contribution in [3.05, 3.63) is 99.9 Å². The Labute approximate surface area is 189 Å². The predicted octanol–water partition coefficient (Wildman–Crippen LogP) is 4.50. The number of nitrogens with zero attached hydrogens (tertiary/aromatic N) is 3. The predicted molar refractivity (Wildman–Crippen MR) is 119 cm³/mol. The number of hydrogen-bond donors (Lipinski definition) is 0. The third-order valence-electron chi connectivity index (χ3n) is 5.25. The van der Waals surface area contributed by atoms with Crippen LogP contribution in [0.5, 0.6) is 11.5 Å². The van der Waals surface area contributed by atoms with E-state index >= 15 is 0 Å². The smallest absolute Gasteiger partial charge is 0.281 e. The molecular formula is C24H20FN3O5. The Morgan fingerprint density at radius 1 is 1.15 bits per heavy atom. The molecule has 3 aromatic carbocycles.